The second kappa shape index (κ2) is 7.21. The number of halogens is 2. The minimum atomic E-state index is -0.145. The number of rotatable bonds is 5. The molecule has 1 unspecified atom stereocenters. The summed E-state index contributed by atoms with van der Waals surface area (Å²) in [4.78, 5) is 2.50. The van der Waals surface area contributed by atoms with Crippen molar-refractivity contribution >= 4 is 15.9 Å². The molecule has 0 spiro atoms. The van der Waals surface area contributed by atoms with E-state index in [2.05, 4.69) is 46.9 Å². The van der Waals surface area contributed by atoms with Crippen molar-refractivity contribution in [1.82, 2.24) is 10.2 Å². The largest absolute Gasteiger partial charge is 0.309 e. The number of nitrogens with zero attached hydrogens (tertiary/aromatic N) is 1. The van der Waals surface area contributed by atoms with Crippen molar-refractivity contribution in [2.75, 3.05) is 19.6 Å². The maximum absolute atomic E-state index is 14.6. The molecule has 1 fully saturated rings. The van der Waals surface area contributed by atoms with E-state index in [0.29, 0.717) is 4.47 Å². The van der Waals surface area contributed by atoms with Crippen molar-refractivity contribution in [3.8, 4) is 0 Å². The summed E-state index contributed by atoms with van der Waals surface area (Å²) in [7, 11) is 0. The molecule has 1 N–H and O–H groups in total. The molecular formula is C17H26BrFN2. The number of hydrogen-bond acceptors (Lipinski definition) is 2. The van der Waals surface area contributed by atoms with Gasteiger partial charge in [-0.05, 0) is 68.3 Å². The zero-order valence-electron chi connectivity index (χ0n) is 13.3. The van der Waals surface area contributed by atoms with E-state index >= 15 is 0 Å². The summed E-state index contributed by atoms with van der Waals surface area (Å²) < 4.78 is 15.1. The van der Waals surface area contributed by atoms with Gasteiger partial charge < -0.3 is 5.32 Å². The highest BCUT2D eigenvalue weighted by Crippen LogP contribution is 2.35. The molecule has 0 saturated carbocycles. The summed E-state index contributed by atoms with van der Waals surface area (Å²) in [6.07, 6.45) is 3.79. The van der Waals surface area contributed by atoms with Crippen LogP contribution in [0.5, 0.6) is 0 Å². The Bertz CT molecular complexity index is 470. The Balaban J connectivity index is 2.34. The molecule has 1 aliphatic heterocycles. The van der Waals surface area contributed by atoms with Crippen LogP contribution in [-0.2, 0) is 0 Å². The fourth-order valence-electron chi connectivity index (χ4n) is 3.34. The highest BCUT2D eigenvalue weighted by Gasteiger charge is 2.37. The van der Waals surface area contributed by atoms with E-state index in [-0.39, 0.29) is 17.4 Å². The highest BCUT2D eigenvalue weighted by atomic mass is 79.9. The van der Waals surface area contributed by atoms with Crippen molar-refractivity contribution in [2.24, 2.45) is 0 Å². The van der Waals surface area contributed by atoms with E-state index in [1.165, 1.54) is 19.3 Å². The number of hydrogen-bond donors (Lipinski definition) is 1. The van der Waals surface area contributed by atoms with E-state index in [4.69, 9.17) is 0 Å². The Hall–Kier alpha value is -0.450. The average Bonchev–Trinajstić information content (AvgIpc) is 2.49. The zero-order chi connectivity index (χ0) is 15.5. The molecule has 0 amide bonds. The van der Waals surface area contributed by atoms with Crippen molar-refractivity contribution in [3.05, 3.63) is 34.1 Å². The summed E-state index contributed by atoms with van der Waals surface area (Å²) in [5, 5.41) is 3.50. The zero-order valence-corrected chi connectivity index (χ0v) is 14.8. The predicted molar refractivity (Wildman–Crippen MR) is 90.0 cm³/mol. The second-order valence-electron chi connectivity index (χ2n) is 6.34. The molecule has 0 aliphatic carbocycles. The Morgan fingerprint density at radius 3 is 2.57 bits per heavy atom. The monoisotopic (exact) mass is 356 g/mol. The number of piperidine rings is 1. The molecular weight excluding hydrogens is 331 g/mol. The van der Waals surface area contributed by atoms with Crippen LogP contribution in [-0.4, -0.2) is 30.1 Å². The molecule has 1 heterocycles. The van der Waals surface area contributed by atoms with Crippen LogP contribution in [0.15, 0.2) is 22.7 Å². The van der Waals surface area contributed by atoms with Gasteiger partial charge in [0.15, 0.2) is 0 Å². The van der Waals surface area contributed by atoms with E-state index in [9.17, 15) is 4.39 Å². The van der Waals surface area contributed by atoms with Gasteiger partial charge in [-0.1, -0.05) is 25.5 Å². The number of likely N-dealkylation sites (N-methyl/N-ethyl adjacent to an activating group) is 1. The maximum atomic E-state index is 14.6. The Morgan fingerprint density at radius 2 is 1.95 bits per heavy atom. The lowest BCUT2D eigenvalue weighted by atomic mass is 9.85. The van der Waals surface area contributed by atoms with Crippen molar-refractivity contribution in [2.45, 2.75) is 51.6 Å². The van der Waals surface area contributed by atoms with Crippen LogP contribution in [0.1, 0.15) is 51.6 Å². The van der Waals surface area contributed by atoms with E-state index in [1.54, 1.807) is 6.07 Å². The normalized spacial score (nSPS) is 18.7. The fraction of sp³-hybridized carbons (Fsp3) is 0.647. The van der Waals surface area contributed by atoms with Gasteiger partial charge in [-0.15, -0.1) is 0 Å². The van der Waals surface area contributed by atoms with Crippen LogP contribution in [0.3, 0.4) is 0 Å². The lowest BCUT2D eigenvalue weighted by Crippen LogP contribution is -2.54. The number of nitrogens with one attached hydrogen (secondary N) is 1. The van der Waals surface area contributed by atoms with Crippen LogP contribution >= 0.6 is 15.9 Å². The lowest BCUT2D eigenvalue weighted by molar-refractivity contribution is 0.0601. The first kappa shape index (κ1) is 16.9. The van der Waals surface area contributed by atoms with E-state index in [0.717, 1.165) is 25.2 Å². The van der Waals surface area contributed by atoms with Crippen molar-refractivity contribution in [3.63, 3.8) is 0 Å². The molecule has 0 radical (unpaired) electrons. The molecule has 0 aromatic heterocycles. The molecule has 4 heteroatoms. The third-order valence-corrected chi connectivity index (χ3v) is 5.19. The van der Waals surface area contributed by atoms with Gasteiger partial charge in [-0.2, -0.15) is 0 Å². The third-order valence-electron chi connectivity index (χ3n) is 4.58. The van der Waals surface area contributed by atoms with Gasteiger partial charge in [0.05, 0.1) is 10.5 Å². The first-order valence-electron chi connectivity index (χ1n) is 7.90. The fourth-order valence-corrected chi connectivity index (χ4v) is 3.72. The van der Waals surface area contributed by atoms with Gasteiger partial charge in [0, 0.05) is 11.1 Å². The van der Waals surface area contributed by atoms with Gasteiger partial charge in [-0.3, -0.25) is 4.90 Å². The van der Waals surface area contributed by atoms with Crippen LogP contribution in [0, 0.1) is 5.82 Å². The SMILES string of the molecule is CCNC(c1cccc(Br)c1F)C(C)(C)N1CCCCC1. The number of benzene rings is 1. The molecule has 1 aromatic rings. The van der Waals surface area contributed by atoms with E-state index in [1.807, 2.05) is 12.1 Å². The first-order valence-corrected chi connectivity index (χ1v) is 8.70. The highest BCUT2D eigenvalue weighted by molar-refractivity contribution is 9.10. The summed E-state index contributed by atoms with van der Waals surface area (Å²) >= 11 is 3.31. The summed E-state index contributed by atoms with van der Waals surface area (Å²) in [6.45, 7) is 9.57. The Morgan fingerprint density at radius 1 is 1.29 bits per heavy atom. The summed E-state index contributed by atoms with van der Waals surface area (Å²) in [5.41, 5.74) is 0.639. The molecule has 118 valence electrons. The maximum Gasteiger partial charge on any atom is 0.142 e. The molecule has 0 bridgehead atoms. The Labute approximate surface area is 136 Å². The first-order chi connectivity index (χ1) is 9.98. The summed E-state index contributed by atoms with van der Waals surface area (Å²) in [6, 6.07) is 5.56. The minimum Gasteiger partial charge on any atom is -0.309 e. The standard InChI is InChI=1S/C17H26BrFN2/c1-4-20-16(13-9-8-10-14(18)15(13)19)17(2,3)21-11-6-5-7-12-21/h8-10,16,20H,4-7,11-12H2,1-3H3. The van der Waals surface area contributed by atoms with Crippen LogP contribution in [0.4, 0.5) is 4.39 Å². The lowest BCUT2D eigenvalue weighted by Gasteiger charge is -2.46. The van der Waals surface area contributed by atoms with Gasteiger partial charge in [0.25, 0.3) is 0 Å². The van der Waals surface area contributed by atoms with Crippen LogP contribution in [0.2, 0.25) is 0 Å². The van der Waals surface area contributed by atoms with Gasteiger partial charge in [0.1, 0.15) is 5.82 Å². The second-order valence-corrected chi connectivity index (χ2v) is 7.19. The van der Waals surface area contributed by atoms with Crippen LogP contribution in [0.25, 0.3) is 0 Å². The quantitative estimate of drug-likeness (QED) is 0.835. The number of likely N-dealkylation sites (tertiary alicyclic amines) is 1. The van der Waals surface area contributed by atoms with E-state index < -0.39 is 0 Å². The minimum absolute atomic E-state index is 0.0156. The predicted octanol–water partition coefficient (Wildman–Crippen LogP) is 4.50. The summed E-state index contributed by atoms with van der Waals surface area (Å²) in [5.74, 6) is -0.145. The van der Waals surface area contributed by atoms with Crippen LogP contribution < -0.4 is 5.32 Å². The van der Waals surface area contributed by atoms with Gasteiger partial charge >= 0.3 is 0 Å². The smallest absolute Gasteiger partial charge is 0.142 e. The third kappa shape index (κ3) is 3.66. The van der Waals surface area contributed by atoms with Gasteiger partial charge in [-0.25, -0.2) is 4.39 Å². The average molecular weight is 357 g/mol. The molecule has 2 nitrogen and oxygen atoms in total. The van der Waals surface area contributed by atoms with Crippen molar-refractivity contribution in [1.29, 1.82) is 0 Å². The Kier molecular flexibility index (Phi) is 5.81. The molecule has 1 saturated heterocycles. The molecule has 1 aromatic carbocycles. The molecule has 21 heavy (non-hydrogen) atoms. The molecule has 2 rings (SSSR count). The van der Waals surface area contributed by atoms with Gasteiger partial charge in [0.2, 0.25) is 0 Å². The molecule has 1 atom stereocenters. The molecule has 1 aliphatic rings. The van der Waals surface area contributed by atoms with Crippen molar-refractivity contribution < 1.29 is 4.39 Å². The topological polar surface area (TPSA) is 15.3 Å².